The fourth-order valence-electron chi connectivity index (χ4n) is 8.21. The largest absolute Gasteiger partial charge is 0.377 e. The molecule has 0 bridgehead atoms. The van der Waals surface area contributed by atoms with Crippen molar-refractivity contribution in [2.45, 2.75) is 83.0 Å². The Kier molecular flexibility index (Phi) is 3.70. The average molecular weight is 359 g/mol. The molecule has 4 aliphatic carbocycles. The van der Waals surface area contributed by atoms with Crippen molar-refractivity contribution in [3.05, 3.63) is 0 Å². The molecule has 4 saturated carbocycles. The Balaban J connectivity index is 1.42. The molecule has 1 heterocycles. The zero-order valence-electron chi connectivity index (χ0n) is 16.4. The fraction of sp³-hybridized carbons (Fsp3) is 0.913. The van der Waals surface area contributed by atoms with Gasteiger partial charge in [-0.25, -0.2) is 0 Å². The summed E-state index contributed by atoms with van der Waals surface area (Å²) in [5.41, 5.74) is -0.566. The van der Waals surface area contributed by atoms with Crippen LogP contribution in [0.3, 0.4) is 0 Å². The Morgan fingerprint density at radius 3 is 2.38 bits per heavy atom. The van der Waals surface area contributed by atoms with E-state index in [2.05, 4.69) is 19.8 Å². The van der Waals surface area contributed by atoms with Crippen molar-refractivity contribution in [2.75, 3.05) is 13.2 Å². The second kappa shape index (κ2) is 5.49. The Hall–Kier alpha value is -0.560. The molecule has 5 aliphatic rings. The zero-order chi connectivity index (χ0) is 18.2. The third-order valence-corrected chi connectivity index (χ3v) is 9.87. The summed E-state index contributed by atoms with van der Waals surface area (Å²) < 4.78 is 12.1. The first-order valence-corrected chi connectivity index (χ1v) is 10.8. The van der Waals surface area contributed by atoms with Gasteiger partial charge in [0.2, 0.25) is 0 Å². The van der Waals surface area contributed by atoms with E-state index in [0.29, 0.717) is 17.3 Å². The highest BCUT2D eigenvalue weighted by molar-refractivity contribution is 5.23. The van der Waals surface area contributed by atoms with E-state index in [1.807, 2.05) is 0 Å². The lowest BCUT2D eigenvalue weighted by Gasteiger charge is -2.62. The van der Waals surface area contributed by atoms with Gasteiger partial charge in [0.1, 0.15) is 5.60 Å². The molecule has 26 heavy (non-hydrogen) atoms. The SMILES string of the molecule is C#C[C@@]1(O)CC[C@@H]2[C@@H]3CC[C@@H]4CC5(CC[C@]4(C)[C@@H]3CC[C@@]21C)OCCO5. The maximum atomic E-state index is 11.1. The van der Waals surface area contributed by atoms with Gasteiger partial charge >= 0.3 is 0 Å². The lowest BCUT2D eigenvalue weighted by Crippen LogP contribution is -2.58. The van der Waals surface area contributed by atoms with E-state index in [1.165, 1.54) is 25.7 Å². The van der Waals surface area contributed by atoms with E-state index in [9.17, 15) is 5.11 Å². The summed E-state index contributed by atoms with van der Waals surface area (Å²) in [6.07, 6.45) is 15.9. The van der Waals surface area contributed by atoms with Gasteiger partial charge in [0.15, 0.2) is 5.79 Å². The maximum Gasteiger partial charge on any atom is 0.168 e. The lowest BCUT2D eigenvalue weighted by molar-refractivity contribution is -0.231. The molecule has 144 valence electrons. The molecule has 1 N–H and O–H groups in total. The molecule has 0 unspecified atom stereocenters. The third kappa shape index (κ3) is 2.07. The summed E-state index contributed by atoms with van der Waals surface area (Å²) >= 11 is 0. The summed E-state index contributed by atoms with van der Waals surface area (Å²) in [6.45, 7) is 6.37. The van der Waals surface area contributed by atoms with Crippen molar-refractivity contribution in [1.82, 2.24) is 0 Å². The van der Waals surface area contributed by atoms with Crippen molar-refractivity contribution in [3.63, 3.8) is 0 Å². The van der Waals surface area contributed by atoms with Gasteiger partial charge in [0, 0.05) is 18.3 Å². The number of ether oxygens (including phenoxy) is 2. The normalized spacial score (nSPS) is 55.0. The van der Waals surface area contributed by atoms with Crippen LogP contribution >= 0.6 is 0 Å². The van der Waals surface area contributed by atoms with Crippen molar-refractivity contribution in [2.24, 2.45) is 34.5 Å². The van der Waals surface area contributed by atoms with Gasteiger partial charge in [0.25, 0.3) is 0 Å². The van der Waals surface area contributed by atoms with Crippen LogP contribution in [-0.4, -0.2) is 29.7 Å². The van der Waals surface area contributed by atoms with Crippen LogP contribution in [0.2, 0.25) is 0 Å². The van der Waals surface area contributed by atoms with Gasteiger partial charge < -0.3 is 14.6 Å². The predicted octanol–water partition coefficient (Wildman–Crippen LogP) is 4.14. The van der Waals surface area contributed by atoms with E-state index in [4.69, 9.17) is 15.9 Å². The molecule has 5 rings (SSSR count). The summed E-state index contributed by atoms with van der Waals surface area (Å²) in [6, 6.07) is 0. The van der Waals surface area contributed by atoms with Crippen LogP contribution in [-0.2, 0) is 9.47 Å². The van der Waals surface area contributed by atoms with Crippen LogP contribution < -0.4 is 0 Å². The molecule has 0 aromatic heterocycles. The van der Waals surface area contributed by atoms with Crippen molar-refractivity contribution in [3.8, 4) is 12.3 Å². The number of hydrogen-bond donors (Lipinski definition) is 1. The van der Waals surface area contributed by atoms with Crippen LogP contribution in [0, 0.1) is 46.8 Å². The Labute approximate surface area is 158 Å². The molecule has 7 atom stereocenters. The van der Waals surface area contributed by atoms with Gasteiger partial charge in [-0.2, -0.15) is 0 Å². The van der Waals surface area contributed by atoms with Crippen molar-refractivity contribution in [1.29, 1.82) is 0 Å². The van der Waals surface area contributed by atoms with Gasteiger partial charge in [-0.15, -0.1) is 6.42 Å². The molecule has 0 amide bonds. The van der Waals surface area contributed by atoms with E-state index >= 15 is 0 Å². The van der Waals surface area contributed by atoms with Crippen molar-refractivity contribution < 1.29 is 14.6 Å². The minimum absolute atomic E-state index is 0.0837. The molecule has 0 aromatic carbocycles. The highest BCUT2D eigenvalue weighted by Gasteiger charge is 2.65. The minimum atomic E-state index is -0.886. The summed E-state index contributed by atoms with van der Waals surface area (Å²) in [4.78, 5) is 0. The van der Waals surface area contributed by atoms with Crippen LogP contribution in [0.1, 0.15) is 71.6 Å². The van der Waals surface area contributed by atoms with Crippen LogP contribution in [0.5, 0.6) is 0 Å². The third-order valence-electron chi connectivity index (χ3n) is 9.87. The van der Waals surface area contributed by atoms with E-state index in [1.54, 1.807) is 0 Å². The topological polar surface area (TPSA) is 38.7 Å². The van der Waals surface area contributed by atoms with Gasteiger partial charge in [-0.05, 0) is 74.0 Å². The molecule has 1 aliphatic heterocycles. The molecule has 3 nitrogen and oxygen atoms in total. The average Bonchev–Trinajstić information content (AvgIpc) is 3.19. The standard InChI is InChI=1S/C23H34O3/c1-4-22(24)10-8-19-17-6-5-16-15-23(25-13-14-26-23)12-11-20(16,2)18(17)7-9-21(19,22)3/h1,16-19,24H,5-15H2,2-3H3/t16-,17-,18-,19-,20+,21+,22-/m1/s1. The second-order valence-corrected chi connectivity index (χ2v) is 10.5. The Bertz CT molecular complexity index is 632. The molecule has 5 fully saturated rings. The minimum Gasteiger partial charge on any atom is -0.377 e. The quantitative estimate of drug-likeness (QED) is 0.662. The highest BCUT2D eigenvalue weighted by Crippen LogP contribution is 2.69. The maximum absolute atomic E-state index is 11.1. The first-order valence-electron chi connectivity index (χ1n) is 10.8. The zero-order valence-corrected chi connectivity index (χ0v) is 16.4. The summed E-state index contributed by atoms with van der Waals surface area (Å²) in [5.74, 6) is 5.35. The molecule has 0 radical (unpaired) electrons. The number of rotatable bonds is 0. The fourth-order valence-corrected chi connectivity index (χ4v) is 8.21. The van der Waals surface area contributed by atoms with E-state index in [-0.39, 0.29) is 11.2 Å². The van der Waals surface area contributed by atoms with Gasteiger partial charge in [0.05, 0.1) is 13.2 Å². The predicted molar refractivity (Wildman–Crippen MR) is 100 cm³/mol. The van der Waals surface area contributed by atoms with E-state index in [0.717, 1.165) is 57.2 Å². The molecular formula is C23H34O3. The Morgan fingerprint density at radius 1 is 0.923 bits per heavy atom. The van der Waals surface area contributed by atoms with Crippen molar-refractivity contribution >= 4 is 0 Å². The number of aliphatic hydroxyl groups is 1. The first-order chi connectivity index (χ1) is 12.4. The second-order valence-electron chi connectivity index (χ2n) is 10.5. The molecular weight excluding hydrogens is 324 g/mol. The molecule has 0 aromatic rings. The number of fused-ring (bicyclic) bond motifs is 5. The van der Waals surface area contributed by atoms with E-state index < -0.39 is 5.60 Å². The molecule has 3 heteroatoms. The lowest BCUT2D eigenvalue weighted by atomic mass is 9.44. The number of terminal acetylenes is 1. The molecule has 1 saturated heterocycles. The van der Waals surface area contributed by atoms with Gasteiger partial charge in [-0.1, -0.05) is 19.8 Å². The van der Waals surface area contributed by atoms with Crippen LogP contribution in [0.25, 0.3) is 0 Å². The smallest absolute Gasteiger partial charge is 0.168 e. The Morgan fingerprint density at radius 2 is 1.65 bits per heavy atom. The monoisotopic (exact) mass is 358 g/mol. The molecule has 1 spiro atoms. The summed E-state index contributed by atoms with van der Waals surface area (Å²) in [5, 5.41) is 11.1. The highest BCUT2D eigenvalue weighted by atomic mass is 16.7. The van der Waals surface area contributed by atoms with Crippen LogP contribution in [0.4, 0.5) is 0 Å². The van der Waals surface area contributed by atoms with Crippen LogP contribution in [0.15, 0.2) is 0 Å². The first kappa shape index (κ1) is 17.5. The summed E-state index contributed by atoms with van der Waals surface area (Å²) in [7, 11) is 0. The number of hydrogen-bond acceptors (Lipinski definition) is 3. The van der Waals surface area contributed by atoms with Gasteiger partial charge in [-0.3, -0.25) is 0 Å².